The summed E-state index contributed by atoms with van der Waals surface area (Å²) in [5, 5.41) is 7.73. The number of nitrogens with one attached hydrogen (secondary N) is 1. The molecule has 1 heterocycles. The van der Waals surface area contributed by atoms with Crippen molar-refractivity contribution in [3.63, 3.8) is 0 Å². The van der Waals surface area contributed by atoms with Crippen LogP contribution in [0.3, 0.4) is 0 Å². The van der Waals surface area contributed by atoms with Gasteiger partial charge in [-0.3, -0.25) is 4.68 Å². The van der Waals surface area contributed by atoms with Gasteiger partial charge < -0.3 is 10.1 Å². The second-order valence-electron chi connectivity index (χ2n) is 3.72. The van der Waals surface area contributed by atoms with Crippen molar-refractivity contribution in [3.05, 3.63) is 42.2 Å². The zero-order valence-electron chi connectivity index (χ0n) is 10.2. The van der Waals surface area contributed by atoms with E-state index in [1.807, 2.05) is 41.2 Å². The van der Waals surface area contributed by atoms with E-state index in [0.29, 0.717) is 6.54 Å². The second-order valence-corrected chi connectivity index (χ2v) is 3.72. The molecule has 0 saturated heterocycles. The number of anilines is 1. The molecule has 1 aromatic carbocycles. The number of rotatable bonds is 5. The van der Waals surface area contributed by atoms with E-state index in [4.69, 9.17) is 4.74 Å². The first-order chi connectivity index (χ1) is 8.33. The van der Waals surface area contributed by atoms with Gasteiger partial charge in [-0.1, -0.05) is 12.1 Å². The summed E-state index contributed by atoms with van der Waals surface area (Å²) in [6.45, 7) is 3.67. The number of aryl methyl sites for hydroxylation is 1. The van der Waals surface area contributed by atoms with Crippen LogP contribution in [0.5, 0.6) is 5.75 Å². The van der Waals surface area contributed by atoms with Crippen molar-refractivity contribution in [2.75, 3.05) is 12.4 Å². The average Bonchev–Trinajstić information content (AvgIpc) is 2.84. The highest BCUT2D eigenvalue weighted by atomic mass is 16.5. The van der Waals surface area contributed by atoms with Gasteiger partial charge in [-0.05, 0) is 25.1 Å². The molecule has 4 heteroatoms. The maximum Gasteiger partial charge on any atom is 0.141 e. The third kappa shape index (κ3) is 2.78. The lowest BCUT2D eigenvalue weighted by atomic mass is 10.3. The van der Waals surface area contributed by atoms with Gasteiger partial charge in [0.2, 0.25) is 0 Å². The SMILES string of the molecule is CCn1ccc(CNc2ccccc2OC)n1. The minimum atomic E-state index is 0.702. The van der Waals surface area contributed by atoms with Gasteiger partial charge in [-0.15, -0.1) is 0 Å². The van der Waals surface area contributed by atoms with Crippen LogP contribution < -0.4 is 10.1 Å². The number of para-hydroxylation sites is 2. The Morgan fingerprint density at radius 1 is 1.29 bits per heavy atom. The first-order valence-electron chi connectivity index (χ1n) is 5.72. The molecule has 0 unspecified atom stereocenters. The Labute approximate surface area is 101 Å². The fourth-order valence-electron chi connectivity index (χ4n) is 1.65. The first kappa shape index (κ1) is 11.5. The summed E-state index contributed by atoms with van der Waals surface area (Å²) in [4.78, 5) is 0. The fourth-order valence-corrected chi connectivity index (χ4v) is 1.65. The van der Waals surface area contributed by atoms with Gasteiger partial charge in [-0.2, -0.15) is 5.10 Å². The summed E-state index contributed by atoms with van der Waals surface area (Å²) in [6, 6.07) is 9.89. The van der Waals surface area contributed by atoms with Gasteiger partial charge >= 0.3 is 0 Å². The van der Waals surface area contributed by atoms with Crippen molar-refractivity contribution >= 4 is 5.69 Å². The number of nitrogens with zero attached hydrogens (tertiary/aromatic N) is 2. The maximum atomic E-state index is 5.27. The molecule has 0 amide bonds. The van der Waals surface area contributed by atoms with Crippen molar-refractivity contribution in [1.29, 1.82) is 0 Å². The van der Waals surface area contributed by atoms with E-state index in [1.54, 1.807) is 7.11 Å². The quantitative estimate of drug-likeness (QED) is 0.859. The molecule has 2 aromatic rings. The van der Waals surface area contributed by atoms with Crippen LogP contribution in [-0.4, -0.2) is 16.9 Å². The highest BCUT2D eigenvalue weighted by Gasteiger charge is 2.02. The zero-order chi connectivity index (χ0) is 12.1. The van der Waals surface area contributed by atoms with Gasteiger partial charge in [0.05, 0.1) is 25.0 Å². The Hall–Kier alpha value is -1.97. The van der Waals surface area contributed by atoms with Crippen LogP contribution in [-0.2, 0) is 13.1 Å². The number of methoxy groups -OCH3 is 1. The summed E-state index contributed by atoms with van der Waals surface area (Å²) >= 11 is 0. The normalized spacial score (nSPS) is 10.2. The molecule has 1 N–H and O–H groups in total. The van der Waals surface area contributed by atoms with Crippen LogP contribution in [0.1, 0.15) is 12.6 Å². The molecule has 0 spiro atoms. The Balaban J connectivity index is 2.01. The molecule has 0 radical (unpaired) electrons. The van der Waals surface area contributed by atoms with Crippen LogP contribution in [0.15, 0.2) is 36.5 Å². The lowest BCUT2D eigenvalue weighted by molar-refractivity contribution is 0.416. The molecular formula is C13H17N3O. The van der Waals surface area contributed by atoms with Gasteiger partial charge in [-0.25, -0.2) is 0 Å². The number of ether oxygens (including phenoxy) is 1. The minimum Gasteiger partial charge on any atom is -0.495 e. The van der Waals surface area contributed by atoms with Crippen molar-refractivity contribution in [3.8, 4) is 5.75 Å². The molecule has 1 aromatic heterocycles. The summed E-state index contributed by atoms with van der Waals surface area (Å²) in [5.41, 5.74) is 2.01. The van der Waals surface area contributed by atoms with E-state index in [-0.39, 0.29) is 0 Å². The summed E-state index contributed by atoms with van der Waals surface area (Å²) in [5.74, 6) is 0.849. The van der Waals surface area contributed by atoms with Gasteiger partial charge in [0.1, 0.15) is 5.75 Å². The predicted octanol–water partition coefficient (Wildman–Crippen LogP) is 2.52. The summed E-state index contributed by atoms with van der Waals surface area (Å²) in [6.07, 6.45) is 1.99. The van der Waals surface area contributed by atoms with E-state index in [0.717, 1.165) is 23.7 Å². The molecule has 0 bridgehead atoms. The van der Waals surface area contributed by atoms with Crippen molar-refractivity contribution in [1.82, 2.24) is 9.78 Å². The Morgan fingerprint density at radius 3 is 2.82 bits per heavy atom. The topological polar surface area (TPSA) is 39.1 Å². The third-order valence-electron chi connectivity index (χ3n) is 2.59. The molecule has 90 valence electrons. The molecule has 2 rings (SSSR count). The number of hydrogen-bond donors (Lipinski definition) is 1. The van der Waals surface area contributed by atoms with Crippen LogP contribution in [0.2, 0.25) is 0 Å². The lowest BCUT2D eigenvalue weighted by Gasteiger charge is -2.09. The van der Waals surface area contributed by atoms with Gasteiger partial charge in [0.15, 0.2) is 0 Å². The van der Waals surface area contributed by atoms with Crippen molar-refractivity contribution in [2.24, 2.45) is 0 Å². The van der Waals surface area contributed by atoms with Crippen LogP contribution >= 0.6 is 0 Å². The fraction of sp³-hybridized carbons (Fsp3) is 0.308. The number of hydrogen-bond acceptors (Lipinski definition) is 3. The van der Waals surface area contributed by atoms with Crippen LogP contribution in [0.4, 0.5) is 5.69 Å². The third-order valence-corrected chi connectivity index (χ3v) is 2.59. The molecule has 4 nitrogen and oxygen atoms in total. The lowest BCUT2D eigenvalue weighted by Crippen LogP contribution is -2.03. The summed E-state index contributed by atoms with van der Waals surface area (Å²) in [7, 11) is 1.67. The Kier molecular flexibility index (Phi) is 3.65. The largest absolute Gasteiger partial charge is 0.495 e. The standard InChI is InChI=1S/C13H17N3O/c1-3-16-9-8-11(15-16)10-14-12-6-4-5-7-13(12)17-2/h4-9,14H,3,10H2,1-2H3. The molecule has 0 atom stereocenters. The van der Waals surface area contributed by atoms with E-state index in [9.17, 15) is 0 Å². The molecule has 0 fully saturated rings. The molecule has 0 saturated carbocycles. The second kappa shape index (κ2) is 5.39. The minimum absolute atomic E-state index is 0.702. The van der Waals surface area contributed by atoms with Gasteiger partial charge in [0, 0.05) is 12.7 Å². The van der Waals surface area contributed by atoms with Crippen LogP contribution in [0.25, 0.3) is 0 Å². The Bertz CT molecular complexity index is 479. The smallest absolute Gasteiger partial charge is 0.141 e. The van der Waals surface area contributed by atoms with Crippen molar-refractivity contribution < 1.29 is 4.74 Å². The van der Waals surface area contributed by atoms with E-state index in [1.165, 1.54) is 0 Å². The van der Waals surface area contributed by atoms with Crippen LogP contribution in [0, 0.1) is 0 Å². The first-order valence-corrected chi connectivity index (χ1v) is 5.72. The monoisotopic (exact) mass is 231 g/mol. The highest BCUT2D eigenvalue weighted by molar-refractivity contribution is 5.56. The zero-order valence-corrected chi connectivity index (χ0v) is 10.2. The molecule has 0 aliphatic heterocycles. The Morgan fingerprint density at radius 2 is 2.12 bits per heavy atom. The number of benzene rings is 1. The summed E-state index contributed by atoms with van der Waals surface area (Å²) < 4.78 is 7.19. The molecule has 0 aliphatic carbocycles. The maximum absolute atomic E-state index is 5.27. The average molecular weight is 231 g/mol. The van der Waals surface area contributed by atoms with E-state index >= 15 is 0 Å². The van der Waals surface area contributed by atoms with E-state index in [2.05, 4.69) is 17.3 Å². The van der Waals surface area contributed by atoms with E-state index < -0.39 is 0 Å². The molecular weight excluding hydrogens is 214 g/mol. The molecule has 17 heavy (non-hydrogen) atoms. The van der Waals surface area contributed by atoms with Gasteiger partial charge in [0.25, 0.3) is 0 Å². The van der Waals surface area contributed by atoms with Crippen molar-refractivity contribution in [2.45, 2.75) is 20.0 Å². The highest BCUT2D eigenvalue weighted by Crippen LogP contribution is 2.23. The number of aromatic nitrogens is 2. The molecule has 0 aliphatic rings. The predicted molar refractivity (Wildman–Crippen MR) is 68.2 cm³/mol.